The van der Waals surface area contributed by atoms with Crippen molar-refractivity contribution in [2.24, 2.45) is 5.41 Å². The van der Waals surface area contributed by atoms with Crippen LogP contribution < -0.4 is 0 Å². The summed E-state index contributed by atoms with van der Waals surface area (Å²) in [6, 6.07) is 0. The summed E-state index contributed by atoms with van der Waals surface area (Å²) in [5.41, 5.74) is 0.610. The molecule has 1 heterocycles. The van der Waals surface area contributed by atoms with Crippen molar-refractivity contribution in [3.63, 3.8) is 0 Å². The maximum absolute atomic E-state index is 12.7. The first-order valence-corrected chi connectivity index (χ1v) is 8.06. The molecule has 1 N–H and O–H groups in total. The number of aliphatic hydroxyl groups is 1. The standard InChI is InChI=1S/C17H26F3NO/c1-16(2,9-12-21-10-7-15(22)8-11-21)13-3-5-14(6-4-13)17(18,19)20/h3,5,15,22H,4,6-12H2,1-2H3. The largest absolute Gasteiger partial charge is 0.412 e. The minimum absolute atomic E-state index is 0.0797. The number of halogens is 3. The monoisotopic (exact) mass is 317 g/mol. The number of aliphatic hydroxyl groups excluding tert-OH is 1. The normalized spacial score (nSPS) is 22.5. The lowest BCUT2D eigenvalue weighted by Gasteiger charge is -2.35. The number of hydrogen-bond acceptors (Lipinski definition) is 2. The van der Waals surface area contributed by atoms with Crippen molar-refractivity contribution in [3.8, 4) is 0 Å². The Morgan fingerprint density at radius 3 is 2.14 bits per heavy atom. The van der Waals surface area contributed by atoms with Gasteiger partial charge in [0.15, 0.2) is 0 Å². The molecule has 0 spiro atoms. The number of alkyl halides is 3. The van der Waals surface area contributed by atoms with Gasteiger partial charge in [0.25, 0.3) is 0 Å². The van der Waals surface area contributed by atoms with E-state index in [1.165, 1.54) is 6.08 Å². The average Bonchev–Trinajstić information content (AvgIpc) is 2.46. The zero-order chi connectivity index (χ0) is 16.4. The van der Waals surface area contributed by atoms with Gasteiger partial charge in [-0.15, -0.1) is 0 Å². The number of rotatable bonds is 4. The summed E-state index contributed by atoms with van der Waals surface area (Å²) in [6.07, 6.45) is 1.72. The van der Waals surface area contributed by atoms with E-state index < -0.39 is 11.7 Å². The summed E-state index contributed by atoms with van der Waals surface area (Å²) < 4.78 is 38.0. The van der Waals surface area contributed by atoms with E-state index in [1.54, 1.807) is 6.08 Å². The van der Waals surface area contributed by atoms with Crippen LogP contribution in [0.1, 0.15) is 46.0 Å². The molecule has 0 aromatic carbocycles. The fraction of sp³-hybridized carbons (Fsp3) is 0.765. The van der Waals surface area contributed by atoms with Gasteiger partial charge in [0.2, 0.25) is 0 Å². The van der Waals surface area contributed by atoms with Gasteiger partial charge in [-0.05, 0) is 44.1 Å². The molecule has 2 rings (SSSR count). The fourth-order valence-electron chi connectivity index (χ4n) is 3.18. The van der Waals surface area contributed by atoms with Crippen molar-refractivity contribution in [2.45, 2.75) is 58.2 Å². The van der Waals surface area contributed by atoms with E-state index in [1.807, 2.05) is 0 Å². The molecular formula is C17H26F3NO. The summed E-state index contributed by atoms with van der Waals surface area (Å²) in [5, 5.41) is 9.52. The first kappa shape index (κ1) is 17.5. The van der Waals surface area contributed by atoms with Crippen LogP contribution in [0.25, 0.3) is 0 Å². The third-order valence-corrected chi connectivity index (χ3v) is 4.99. The molecule has 22 heavy (non-hydrogen) atoms. The van der Waals surface area contributed by atoms with Crippen molar-refractivity contribution in [3.05, 3.63) is 23.3 Å². The zero-order valence-corrected chi connectivity index (χ0v) is 13.4. The third kappa shape index (κ3) is 4.59. The van der Waals surface area contributed by atoms with Crippen molar-refractivity contribution in [1.29, 1.82) is 0 Å². The maximum Gasteiger partial charge on any atom is 0.412 e. The summed E-state index contributed by atoms with van der Waals surface area (Å²) in [6.45, 7) is 6.99. The second-order valence-corrected chi connectivity index (χ2v) is 7.09. The highest BCUT2D eigenvalue weighted by Crippen LogP contribution is 2.40. The lowest BCUT2D eigenvalue weighted by atomic mass is 9.76. The van der Waals surface area contributed by atoms with Crippen LogP contribution in [0.4, 0.5) is 13.2 Å². The van der Waals surface area contributed by atoms with Gasteiger partial charge in [0.1, 0.15) is 0 Å². The van der Waals surface area contributed by atoms with Crippen LogP contribution in [-0.4, -0.2) is 41.9 Å². The van der Waals surface area contributed by atoms with Crippen LogP contribution in [0.5, 0.6) is 0 Å². The Morgan fingerprint density at radius 2 is 1.64 bits per heavy atom. The Morgan fingerprint density at radius 1 is 1.09 bits per heavy atom. The van der Waals surface area contributed by atoms with Gasteiger partial charge in [-0.25, -0.2) is 0 Å². The van der Waals surface area contributed by atoms with Crippen molar-refractivity contribution < 1.29 is 18.3 Å². The third-order valence-electron chi connectivity index (χ3n) is 4.99. The van der Waals surface area contributed by atoms with Crippen LogP contribution in [0.3, 0.4) is 0 Å². The van der Waals surface area contributed by atoms with E-state index in [-0.39, 0.29) is 17.9 Å². The molecule has 1 aliphatic heterocycles. The summed E-state index contributed by atoms with van der Waals surface area (Å²) in [7, 11) is 0. The van der Waals surface area contributed by atoms with E-state index >= 15 is 0 Å². The molecule has 0 atom stereocenters. The topological polar surface area (TPSA) is 23.5 Å². The number of piperidine rings is 1. The second kappa shape index (κ2) is 6.75. The quantitative estimate of drug-likeness (QED) is 0.845. The van der Waals surface area contributed by atoms with Crippen molar-refractivity contribution in [2.75, 3.05) is 19.6 Å². The number of nitrogens with zero attached hydrogens (tertiary/aromatic N) is 1. The molecule has 2 aliphatic rings. The number of likely N-dealkylation sites (tertiary alicyclic amines) is 1. The van der Waals surface area contributed by atoms with Crippen molar-refractivity contribution in [1.82, 2.24) is 4.90 Å². The second-order valence-electron chi connectivity index (χ2n) is 7.09. The summed E-state index contributed by atoms with van der Waals surface area (Å²) in [5.74, 6) is 0. The van der Waals surface area contributed by atoms with E-state index in [9.17, 15) is 18.3 Å². The molecule has 1 saturated heterocycles. The van der Waals surface area contributed by atoms with E-state index in [0.717, 1.165) is 44.5 Å². The number of allylic oxidation sites excluding steroid dienone is 4. The molecule has 0 radical (unpaired) electrons. The summed E-state index contributed by atoms with van der Waals surface area (Å²) in [4.78, 5) is 2.34. The molecule has 0 saturated carbocycles. The van der Waals surface area contributed by atoms with Gasteiger partial charge in [0, 0.05) is 18.7 Å². The predicted octanol–water partition coefficient (Wildman–Crippen LogP) is 4.07. The maximum atomic E-state index is 12.7. The highest BCUT2D eigenvalue weighted by molar-refractivity contribution is 5.29. The highest BCUT2D eigenvalue weighted by atomic mass is 19.4. The molecule has 1 aliphatic carbocycles. The smallest absolute Gasteiger partial charge is 0.393 e. The lowest BCUT2D eigenvalue weighted by Crippen LogP contribution is -2.38. The molecular weight excluding hydrogens is 291 g/mol. The molecule has 5 heteroatoms. The van der Waals surface area contributed by atoms with Gasteiger partial charge in [0.05, 0.1) is 6.10 Å². The molecule has 0 unspecified atom stereocenters. The van der Waals surface area contributed by atoms with Gasteiger partial charge in [-0.2, -0.15) is 13.2 Å². The fourth-order valence-corrected chi connectivity index (χ4v) is 3.18. The molecule has 0 aromatic heterocycles. The number of hydrogen-bond donors (Lipinski definition) is 1. The first-order valence-electron chi connectivity index (χ1n) is 8.06. The average molecular weight is 317 g/mol. The van der Waals surface area contributed by atoms with Crippen LogP contribution in [0.2, 0.25) is 0 Å². The predicted molar refractivity (Wildman–Crippen MR) is 81.5 cm³/mol. The molecule has 0 aromatic rings. The van der Waals surface area contributed by atoms with Crippen LogP contribution in [0, 0.1) is 5.41 Å². The Bertz CT molecular complexity index is 443. The zero-order valence-electron chi connectivity index (χ0n) is 13.4. The Labute approximate surface area is 130 Å². The van der Waals surface area contributed by atoms with Crippen LogP contribution in [-0.2, 0) is 0 Å². The highest BCUT2D eigenvalue weighted by Gasteiger charge is 2.35. The van der Waals surface area contributed by atoms with E-state index in [0.29, 0.717) is 6.42 Å². The van der Waals surface area contributed by atoms with Crippen LogP contribution in [0.15, 0.2) is 23.3 Å². The van der Waals surface area contributed by atoms with Gasteiger partial charge >= 0.3 is 6.18 Å². The Hall–Kier alpha value is -0.810. The minimum atomic E-state index is -4.19. The Balaban J connectivity index is 1.90. The SMILES string of the molecule is CC(C)(CCN1CCC(O)CC1)C1=CC=C(C(F)(F)F)CC1. The van der Waals surface area contributed by atoms with E-state index in [4.69, 9.17) is 0 Å². The summed E-state index contributed by atoms with van der Waals surface area (Å²) >= 11 is 0. The minimum Gasteiger partial charge on any atom is -0.393 e. The van der Waals surface area contributed by atoms with Gasteiger partial charge in [-0.1, -0.05) is 31.6 Å². The van der Waals surface area contributed by atoms with Crippen LogP contribution >= 0.6 is 0 Å². The molecule has 0 bridgehead atoms. The first-order chi connectivity index (χ1) is 10.2. The van der Waals surface area contributed by atoms with Gasteiger partial charge in [-0.3, -0.25) is 0 Å². The van der Waals surface area contributed by atoms with Gasteiger partial charge < -0.3 is 10.0 Å². The molecule has 2 nitrogen and oxygen atoms in total. The van der Waals surface area contributed by atoms with E-state index in [2.05, 4.69) is 18.7 Å². The lowest BCUT2D eigenvalue weighted by molar-refractivity contribution is -0.0942. The van der Waals surface area contributed by atoms with Crippen molar-refractivity contribution >= 4 is 0 Å². The molecule has 126 valence electrons. The Kier molecular flexibility index (Phi) is 5.38. The molecule has 1 fully saturated rings. The molecule has 0 amide bonds.